The van der Waals surface area contributed by atoms with E-state index in [1.54, 1.807) is 23.2 Å². The summed E-state index contributed by atoms with van der Waals surface area (Å²) in [5.41, 5.74) is 1.66. The summed E-state index contributed by atoms with van der Waals surface area (Å²) in [6, 6.07) is 7.11. The van der Waals surface area contributed by atoms with Crippen LogP contribution < -0.4 is 0 Å². The lowest BCUT2D eigenvalue weighted by Crippen LogP contribution is -2.45. The van der Waals surface area contributed by atoms with Gasteiger partial charge in [-0.2, -0.15) is 0 Å². The molecule has 3 heterocycles. The molecule has 156 valence electrons. The quantitative estimate of drug-likeness (QED) is 0.685. The van der Waals surface area contributed by atoms with Gasteiger partial charge in [0, 0.05) is 49.3 Å². The van der Waals surface area contributed by atoms with Crippen molar-refractivity contribution < 1.29 is 23.8 Å². The summed E-state index contributed by atoms with van der Waals surface area (Å²) >= 11 is 6.10. The van der Waals surface area contributed by atoms with Crippen molar-refractivity contribution in [2.45, 2.75) is 19.4 Å². The van der Waals surface area contributed by atoms with Crippen LogP contribution in [0, 0.1) is 5.82 Å². The number of ether oxygens (including phenoxy) is 1. The maximum atomic E-state index is 14.8. The Kier molecular flexibility index (Phi) is 5.44. The van der Waals surface area contributed by atoms with Gasteiger partial charge in [0.15, 0.2) is 0 Å². The Labute approximate surface area is 176 Å². The van der Waals surface area contributed by atoms with E-state index in [0.29, 0.717) is 48.2 Å². The van der Waals surface area contributed by atoms with E-state index in [4.69, 9.17) is 21.4 Å². The fourth-order valence-electron chi connectivity index (χ4n) is 3.67. The fourth-order valence-corrected chi connectivity index (χ4v) is 3.82. The third-order valence-electron chi connectivity index (χ3n) is 5.16. The molecule has 0 saturated carbocycles. The SMILES string of the molecule is CC(=O)N1CCO[C@@H](Cc2c(-c3ccc(C(=O)O)cc3F)nc3cc(Cl)ccn23)C1. The number of imidazole rings is 1. The number of carbonyl (C=O) groups is 2. The van der Waals surface area contributed by atoms with Crippen molar-refractivity contribution in [3.8, 4) is 11.3 Å². The lowest BCUT2D eigenvalue weighted by atomic mass is 10.0. The molecular weight excluding hydrogens is 413 g/mol. The Hall–Kier alpha value is -2.97. The summed E-state index contributed by atoms with van der Waals surface area (Å²) in [5.74, 6) is -1.91. The molecule has 1 aliphatic rings. The van der Waals surface area contributed by atoms with E-state index in [9.17, 15) is 14.0 Å². The largest absolute Gasteiger partial charge is 0.478 e. The highest BCUT2D eigenvalue weighted by Crippen LogP contribution is 2.30. The molecular formula is C21H19ClFN3O4. The van der Waals surface area contributed by atoms with Gasteiger partial charge in [0.1, 0.15) is 11.5 Å². The van der Waals surface area contributed by atoms with Crippen molar-refractivity contribution in [1.82, 2.24) is 14.3 Å². The number of benzene rings is 1. The predicted octanol–water partition coefficient (Wildman–Crippen LogP) is 3.28. The zero-order chi connectivity index (χ0) is 21.4. The minimum atomic E-state index is -1.21. The number of carboxylic acids is 1. The van der Waals surface area contributed by atoms with Gasteiger partial charge in [-0.05, 0) is 24.3 Å². The van der Waals surface area contributed by atoms with E-state index in [-0.39, 0.29) is 23.1 Å². The van der Waals surface area contributed by atoms with Gasteiger partial charge in [-0.3, -0.25) is 4.79 Å². The lowest BCUT2D eigenvalue weighted by Gasteiger charge is -2.32. The molecule has 0 bridgehead atoms. The van der Waals surface area contributed by atoms with Crippen LogP contribution >= 0.6 is 11.6 Å². The second kappa shape index (κ2) is 8.04. The van der Waals surface area contributed by atoms with Crippen molar-refractivity contribution in [3.63, 3.8) is 0 Å². The van der Waals surface area contributed by atoms with Crippen LogP contribution in [0.2, 0.25) is 5.02 Å². The zero-order valence-electron chi connectivity index (χ0n) is 16.1. The van der Waals surface area contributed by atoms with Crippen LogP contribution in [0.5, 0.6) is 0 Å². The highest BCUT2D eigenvalue weighted by molar-refractivity contribution is 6.30. The fraction of sp³-hybridized carbons (Fsp3) is 0.286. The first kappa shape index (κ1) is 20.3. The number of aromatic nitrogens is 2. The monoisotopic (exact) mass is 431 g/mol. The molecule has 0 radical (unpaired) electrons. The molecule has 30 heavy (non-hydrogen) atoms. The number of fused-ring (bicyclic) bond motifs is 1. The molecule has 1 amide bonds. The van der Waals surface area contributed by atoms with E-state index in [0.717, 1.165) is 6.07 Å². The third-order valence-corrected chi connectivity index (χ3v) is 5.40. The Morgan fingerprint density at radius 1 is 1.33 bits per heavy atom. The maximum absolute atomic E-state index is 14.8. The van der Waals surface area contributed by atoms with Crippen LogP contribution in [0.15, 0.2) is 36.5 Å². The molecule has 0 unspecified atom stereocenters. The molecule has 1 saturated heterocycles. The Morgan fingerprint density at radius 2 is 2.13 bits per heavy atom. The minimum absolute atomic E-state index is 0.0243. The molecule has 7 nitrogen and oxygen atoms in total. The first-order valence-corrected chi connectivity index (χ1v) is 9.78. The van der Waals surface area contributed by atoms with Crippen molar-refractivity contribution in [2.24, 2.45) is 0 Å². The van der Waals surface area contributed by atoms with Gasteiger partial charge in [-0.15, -0.1) is 0 Å². The predicted molar refractivity (Wildman–Crippen MR) is 108 cm³/mol. The molecule has 0 aliphatic carbocycles. The molecule has 0 spiro atoms. The van der Waals surface area contributed by atoms with Gasteiger partial charge < -0.3 is 19.1 Å². The molecule has 1 fully saturated rings. The second-order valence-electron chi connectivity index (χ2n) is 7.14. The highest BCUT2D eigenvalue weighted by atomic mass is 35.5. The highest BCUT2D eigenvalue weighted by Gasteiger charge is 2.26. The van der Waals surface area contributed by atoms with Crippen molar-refractivity contribution in [1.29, 1.82) is 0 Å². The van der Waals surface area contributed by atoms with Crippen LogP contribution in [0.1, 0.15) is 23.0 Å². The second-order valence-corrected chi connectivity index (χ2v) is 7.58. The van der Waals surface area contributed by atoms with Crippen LogP contribution in [0.3, 0.4) is 0 Å². The molecule has 3 aromatic rings. The van der Waals surface area contributed by atoms with Crippen molar-refractivity contribution in [2.75, 3.05) is 19.7 Å². The topological polar surface area (TPSA) is 84.1 Å². The standard InChI is InChI=1S/C21H19ClFN3O4/c1-12(27)25-6-7-30-15(11-25)10-18-20(24-19-9-14(22)4-5-26(18)19)16-3-2-13(21(28)29)8-17(16)23/h2-5,8-9,15H,6-7,10-11H2,1H3,(H,28,29)/t15-/m0/s1. The average molecular weight is 432 g/mol. The molecule has 4 rings (SSSR count). The number of morpholine rings is 1. The Bertz CT molecular complexity index is 1150. The maximum Gasteiger partial charge on any atom is 0.335 e. The summed E-state index contributed by atoms with van der Waals surface area (Å²) < 4.78 is 22.5. The van der Waals surface area contributed by atoms with E-state index in [1.807, 2.05) is 4.40 Å². The van der Waals surface area contributed by atoms with Gasteiger partial charge in [0.2, 0.25) is 5.91 Å². The Morgan fingerprint density at radius 3 is 2.83 bits per heavy atom. The van der Waals surface area contributed by atoms with Gasteiger partial charge >= 0.3 is 5.97 Å². The summed E-state index contributed by atoms with van der Waals surface area (Å²) in [4.78, 5) is 29.2. The van der Waals surface area contributed by atoms with E-state index in [1.165, 1.54) is 19.1 Å². The molecule has 1 aliphatic heterocycles. The average Bonchev–Trinajstić information content (AvgIpc) is 3.05. The van der Waals surface area contributed by atoms with Crippen molar-refractivity contribution in [3.05, 3.63) is 58.6 Å². The van der Waals surface area contributed by atoms with Crippen LogP contribution in [-0.2, 0) is 16.0 Å². The number of aromatic carboxylic acids is 1. The first-order valence-electron chi connectivity index (χ1n) is 9.40. The number of halogens is 2. The number of amides is 1. The number of carbonyl (C=O) groups excluding carboxylic acids is 1. The summed E-state index contributed by atoms with van der Waals surface area (Å²) in [5, 5.41) is 9.60. The molecule has 2 aromatic heterocycles. The lowest BCUT2D eigenvalue weighted by molar-refractivity contribution is -0.136. The number of pyridine rings is 1. The smallest absolute Gasteiger partial charge is 0.335 e. The minimum Gasteiger partial charge on any atom is -0.478 e. The van der Waals surface area contributed by atoms with E-state index in [2.05, 4.69) is 4.98 Å². The third kappa shape index (κ3) is 3.88. The van der Waals surface area contributed by atoms with Crippen LogP contribution in [-0.4, -0.2) is 57.1 Å². The van der Waals surface area contributed by atoms with Crippen LogP contribution in [0.25, 0.3) is 16.9 Å². The van der Waals surface area contributed by atoms with Crippen LogP contribution in [0.4, 0.5) is 4.39 Å². The number of hydrogen-bond acceptors (Lipinski definition) is 4. The number of hydrogen-bond donors (Lipinski definition) is 1. The summed E-state index contributed by atoms with van der Waals surface area (Å²) in [6.07, 6.45) is 1.86. The van der Waals surface area contributed by atoms with Gasteiger partial charge in [0.25, 0.3) is 0 Å². The first-order chi connectivity index (χ1) is 14.3. The van der Waals surface area contributed by atoms with E-state index >= 15 is 0 Å². The van der Waals surface area contributed by atoms with Crippen molar-refractivity contribution >= 4 is 29.1 Å². The number of rotatable bonds is 4. The van der Waals surface area contributed by atoms with Gasteiger partial charge in [0.05, 0.1) is 29.7 Å². The molecule has 1 N–H and O–H groups in total. The molecule has 1 atom stereocenters. The molecule has 9 heteroatoms. The van der Waals surface area contributed by atoms with Gasteiger partial charge in [-0.25, -0.2) is 14.2 Å². The van der Waals surface area contributed by atoms with Gasteiger partial charge in [-0.1, -0.05) is 11.6 Å². The van der Waals surface area contributed by atoms with E-state index < -0.39 is 11.8 Å². The zero-order valence-corrected chi connectivity index (χ0v) is 16.9. The number of nitrogens with zero attached hydrogens (tertiary/aromatic N) is 3. The summed E-state index contributed by atoms with van der Waals surface area (Å²) in [7, 11) is 0. The summed E-state index contributed by atoms with van der Waals surface area (Å²) in [6.45, 7) is 2.90. The normalized spacial score (nSPS) is 16.8. The number of carboxylic acid groups (broad SMARTS) is 1. The Balaban J connectivity index is 1.78. The molecule has 1 aromatic carbocycles.